The molecule has 2 aliphatic heterocycles. The van der Waals surface area contributed by atoms with Crippen LogP contribution in [0, 0.1) is 0 Å². The molecule has 2 heterocycles. The van der Waals surface area contributed by atoms with Gasteiger partial charge in [-0.2, -0.15) is 0 Å². The third-order valence-corrected chi connectivity index (χ3v) is 4.52. The topological polar surface area (TPSA) is 86.8 Å². The van der Waals surface area contributed by atoms with E-state index in [0.717, 1.165) is 4.90 Å². The van der Waals surface area contributed by atoms with Crippen LogP contribution >= 0.6 is 0 Å². The second kappa shape index (κ2) is 5.74. The summed E-state index contributed by atoms with van der Waals surface area (Å²) >= 11 is 0. The van der Waals surface area contributed by atoms with Gasteiger partial charge in [0.15, 0.2) is 0 Å². The summed E-state index contributed by atoms with van der Waals surface area (Å²) in [6.45, 7) is 4.26. The molecule has 24 heavy (non-hydrogen) atoms. The van der Waals surface area contributed by atoms with Crippen molar-refractivity contribution in [2.24, 2.45) is 0 Å². The van der Waals surface area contributed by atoms with Gasteiger partial charge in [0, 0.05) is 31.5 Å². The van der Waals surface area contributed by atoms with Crippen molar-refractivity contribution in [2.75, 3.05) is 18.0 Å². The van der Waals surface area contributed by atoms with Gasteiger partial charge in [-0.15, -0.1) is 0 Å². The van der Waals surface area contributed by atoms with Gasteiger partial charge >= 0.3 is 0 Å². The lowest BCUT2D eigenvalue weighted by atomic mass is 9.97. The second-order valence-corrected chi connectivity index (χ2v) is 6.44. The molecule has 1 aromatic rings. The normalized spacial score (nSPS) is 20.3. The maximum atomic E-state index is 12.7. The predicted molar refractivity (Wildman–Crippen MR) is 86.3 cm³/mol. The first-order chi connectivity index (χ1) is 11.3. The minimum atomic E-state index is -0.922. The molecule has 0 radical (unpaired) electrons. The summed E-state index contributed by atoms with van der Waals surface area (Å²) in [4.78, 5) is 50.9. The smallest absolute Gasteiger partial charge is 0.254 e. The van der Waals surface area contributed by atoms with E-state index in [1.165, 1.54) is 4.90 Å². The van der Waals surface area contributed by atoms with Gasteiger partial charge in [-0.25, -0.2) is 0 Å². The zero-order chi connectivity index (χ0) is 17.5. The Morgan fingerprint density at radius 3 is 2.21 bits per heavy atom. The van der Waals surface area contributed by atoms with Crippen molar-refractivity contribution in [3.05, 3.63) is 29.8 Å². The SMILES string of the molecule is CC1(C)C(=O)NCCN1C(=O)c1ccc(N2C(=O)CCC2=O)cc1. The highest BCUT2D eigenvalue weighted by Crippen LogP contribution is 2.25. The number of amides is 4. The highest BCUT2D eigenvalue weighted by atomic mass is 16.2. The van der Waals surface area contributed by atoms with Crippen LogP contribution in [0.2, 0.25) is 0 Å². The minimum absolute atomic E-state index is 0.188. The molecule has 0 unspecified atom stereocenters. The first-order valence-corrected chi connectivity index (χ1v) is 7.88. The van der Waals surface area contributed by atoms with E-state index in [9.17, 15) is 19.2 Å². The molecule has 1 N–H and O–H groups in total. The molecule has 4 amide bonds. The summed E-state index contributed by atoms with van der Waals surface area (Å²) in [6.07, 6.45) is 0.438. The Hall–Kier alpha value is -2.70. The molecular formula is C17H19N3O4. The van der Waals surface area contributed by atoms with Gasteiger partial charge < -0.3 is 10.2 Å². The molecule has 2 fully saturated rings. The fraction of sp³-hybridized carbons (Fsp3) is 0.412. The van der Waals surface area contributed by atoms with Crippen molar-refractivity contribution < 1.29 is 19.2 Å². The fourth-order valence-electron chi connectivity index (χ4n) is 3.03. The summed E-state index contributed by atoms with van der Waals surface area (Å²) < 4.78 is 0. The summed E-state index contributed by atoms with van der Waals surface area (Å²) in [5.74, 6) is -0.895. The summed E-state index contributed by atoms with van der Waals surface area (Å²) in [5, 5.41) is 2.75. The lowest BCUT2D eigenvalue weighted by molar-refractivity contribution is -0.133. The van der Waals surface area contributed by atoms with Crippen LogP contribution in [0.5, 0.6) is 0 Å². The Kier molecular flexibility index (Phi) is 3.87. The van der Waals surface area contributed by atoms with Crippen LogP contribution in [0.3, 0.4) is 0 Å². The van der Waals surface area contributed by atoms with Crippen molar-refractivity contribution in [1.29, 1.82) is 0 Å². The summed E-state index contributed by atoms with van der Waals surface area (Å²) in [7, 11) is 0. The Labute approximate surface area is 139 Å². The average Bonchev–Trinajstić information content (AvgIpc) is 2.88. The first-order valence-electron chi connectivity index (χ1n) is 7.88. The quantitative estimate of drug-likeness (QED) is 0.809. The number of imide groups is 1. The maximum absolute atomic E-state index is 12.7. The monoisotopic (exact) mass is 329 g/mol. The van der Waals surface area contributed by atoms with E-state index < -0.39 is 5.54 Å². The molecule has 0 atom stereocenters. The zero-order valence-corrected chi connectivity index (χ0v) is 13.7. The van der Waals surface area contributed by atoms with E-state index in [1.54, 1.807) is 38.1 Å². The van der Waals surface area contributed by atoms with Crippen LogP contribution in [0.25, 0.3) is 0 Å². The number of anilines is 1. The summed E-state index contributed by atoms with van der Waals surface area (Å²) in [6, 6.07) is 6.34. The predicted octanol–water partition coefficient (Wildman–Crippen LogP) is 0.691. The summed E-state index contributed by atoms with van der Waals surface area (Å²) in [5.41, 5.74) is -0.0372. The number of benzene rings is 1. The van der Waals surface area contributed by atoms with Crippen LogP contribution < -0.4 is 10.2 Å². The molecule has 0 aromatic heterocycles. The molecule has 2 saturated heterocycles. The van der Waals surface area contributed by atoms with E-state index >= 15 is 0 Å². The Morgan fingerprint density at radius 2 is 1.62 bits per heavy atom. The maximum Gasteiger partial charge on any atom is 0.254 e. The molecule has 126 valence electrons. The first kappa shape index (κ1) is 16.2. The molecule has 7 heteroatoms. The highest BCUT2D eigenvalue weighted by Gasteiger charge is 2.40. The van der Waals surface area contributed by atoms with E-state index in [-0.39, 0.29) is 36.5 Å². The van der Waals surface area contributed by atoms with Crippen LogP contribution in [0.1, 0.15) is 37.0 Å². The molecule has 0 saturated carbocycles. The Bertz CT molecular complexity index is 708. The lowest BCUT2D eigenvalue weighted by Gasteiger charge is -2.41. The fourth-order valence-corrected chi connectivity index (χ4v) is 3.03. The number of nitrogens with zero attached hydrogens (tertiary/aromatic N) is 2. The second-order valence-electron chi connectivity index (χ2n) is 6.44. The van der Waals surface area contributed by atoms with Crippen molar-refractivity contribution in [3.8, 4) is 0 Å². The van der Waals surface area contributed by atoms with Gasteiger partial charge in [0.05, 0.1) is 5.69 Å². The molecule has 1 aromatic carbocycles. The Balaban J connectivity index is 1.83. The zero-order valence-electron chi connectivity index (χ0n) is 13.7. The minimum Gasteiger partial charge on any atom is -0.352 e. The van der Waals surface area contributed by atoms with Crippen LogP contribution in [-0.4, -0.2) is 47.2 Å². The molecule has 7 nitrogen and oxygen atoms in total. The van der Waals surface area contributed by atoms with Crippen LogP contribution in [-0.2, 0) is 14.4 Å². The van der Waals surface area contributed by atoms with Crippen molar-refractivity contribution in [1.82, 2.24) is 10.2 Å². The van der Waals surface area contributed by atoms with E-state index in [0.29, 0.717) is 24.3 Å². The van der Waals surface area contributed by atoms with E-state index in [1.807, 2.05) is 0 Å². The molecule has 2 aliphatic rings. The third-order valence-electron chi connectivity index (χ3n) is 4.52. The molecule has 0 aliphatic carbocycles. The lowest BCUT2D eigenvalue weighted by Crippen LogP contribution is -2.63. The molecule has 3 rings (SSSR count). The van der Waals surface area contributed by atoms with Gasteiger partial charge in [0.2, 0.25) is 17.7 Å². The van der Waals surface area contributed by atoms with Gasteiger partial charge in [0.1, 0.15) is 5.54 Å². The van der Waals surface area contributed by atoms with Gasteiger partial charge in [-0.05, 0) is 38.1 Å². The van der Waals surface area contributed by atoms with E-state index in [2.05, 4.69) is 5.32 Å². The molecule has 0 spiro atoms. The average molecular weight is 329 g/mol. The largest absolute Gasteiger partial charge is 0.352 e. The number of piperazine rings is 1. The van der Waals surface area contributed by atoms with Gasteiger partial charge in [-0.1, -0.05) is 0 Å². The number of carbonyl (C=O) groups excluding carboxylic acids is 4. The van der Waals surface area contributed by atoms with Crippen molar-refractivity contribution in [3.63, 3.8) is 0 Å². The number of rotatable bonds is 2. The van der Waals surface area contributed by atoms with Crippen LogP contribution in [0.15, 0.2) is 24.3 Å². The van der Waals surface area contributed by atoms with Crippen molar-refractivity contribution >= 4 is 29.3 Å². The third kappa shape index (κ3) is 2.55. The number of carbonyl (C=O) groups is 4. The Morgan fingerprint density at radius 1 is 1.04 bits per heavy atom. The van der Waals surface area contributed by atoms with E-state index in [4.69, 9.17) is 0 Å². The van der Waals surface area contributed by atoms with Crippen LogP contribution in [0.4, 0.5) is 5.69 Å². The van der Waals surface area contributed by atoms with Gasteiger partial charge in [-0.3, -0.25) is 24.1 Å². The standard InChI is InChI=1S/C17H19N3O4/c1-17(2)16(24)18-9-10-19(17)15(23)11-3-5-12(6-4-11)20-13(21)7-8-14(20)22/h3-6H,7-10H2,1-2H3,(H,18,24). The molecule has 0 bridgehead atoms. The van der Waals surface area contributed by atoms with Crippen molar-refractivity contribution in [2.45, 2.75) is 32.2 Å². The number of nitrogens with one attached hydrogen (secondary N) is 1. The van der Waals surface area contributed by atoms with Gasteiger partial charge in [0.25, 0.3) is 5.91 Å². The highest BCUT2D eigenvalue weighted by molar-refractivity contribution is 6.19. The molecular weight excluding hydrogens is 310 g/mol. The number of hydrogen-bond donors (Lipinski definition) is 1. The number of hydrogen-bond acceptors (Lipinski definition) is 4.